The number of carbonyl (C=O) groups excluding carboxylic acids is 2. The van der Waals surface area contributed by atoms with E-state index in [1.165, 1.54) is 13.0 Å². The normalized spacial score (nSPS) is 14.6. The number of piperazine rings is 1. The van der Waals surface area contributed by atoms with E-state index in [1.54, 1.807) is 9.80 Å². The molecule has 0 unspecified atom stereocenters. The molecule has 2 rings (SSSR count). The van der Waals surface area contributed by atoms with Gasteiger partial charge in [-0.15, -0.1) is 0 Å². The van der Waals surface area contributed by atoms with E-state index in [-0.39, 0.29) is 30.8 Å². The van der Waals surface area contributed by atoms with Gasteiger partial charge in [0, 0.05) is 39.2 Å². The van der Waals surface area contributed by atoms with Crippen LogP contribution in [0.15, 0.2) is 18.2 Å². The Balaban J connectivity index is 1.67. The van der Waals surface area contributed by atoms with Crippen molar-refractivity contribution in [3.8, 4) is 5.75 Å². The maximum Gasteiger partial charge on any atom is 0.317 e. The fourth-order valence-corrected chi connectivity index (χ4v) is 2.23. The molecule has 3 amide bonds. The fourth-order valence-electron chi connectivity index (χ4n) is 2.23. The third kappa shape index (κ3) is 4.80. The molecule has 0 spiro atoms. The zero-order chi connectivity index (χ0) is 16.8. The average molecular weight is 327 g/mol. The lowest BCUT2D eigenvalue weighted by Gasteiger charge is -2.34. The third-order valence-electron chi connectivity index (χ3n) is 3.55. The third-order valence-corrected chi connectivity index (χ3v) is 3.55. The Kier molecular flexibility index (Phi) is 5.72. The molecule has 6 nitrogen and oxygen atoms in total. The molecule has 0 saturated carbocycles. The summed E-state index contributed by atoms with van der Waals surface area (Å²) in [5.41, 5.74) is 0. The van der Waals surface area contributed by atoms with Gasteiger partial charge in [-0.3, -0.25) is 4.79 Å². The molecule has 1 aromatic carbocycles. The number of carbonyl (C=O) groups is 2. The monoisotopic (exact) mass is 327 g/mol. The molecule has 1 heterocycles. The highest BCUT2D eigenvalue weighted by Crippen LogP contribution is 2.15. The van der Waals surface area contributed by atoms with Crippen molar-refractivity contribution in [2.24, 2.45) is 0 Å². The van der Waals surface area contributed by atoms with Gasteiger partial charge in [0.15, 0.2) is 11.6 Å². The minimum absolute atomic E-state index is 0.00462. The van der Waals surface area contributed by atoms with E-state index in [0.29, 0.717) is 26.2 Å². The van der Waals surface area contributed by atoms with Crippen LogP contribution in [0.1, 0.15) is 6.92 Å². The van der Waals surface area contributed by atoms with Gasteiger partial charge in [0.05, 0.1) is 6.54 Å². The van der Waals surface area contributed by atoms with Crippen molar-refractivity contribution in [3.63, 3.8) is 0 Å². The van der Waals surface area contributed by atoms with Crippen molar-refractivity contribution in [1.82, 2.24) is 15.1 Å². The van der Waals surface area contributed by atoms with Crippen LogP contribution in [0, 0.1) is 11.6 Å². The Morgan fingerprint density at radius 3 is 2.39 bits per heavy atom. The van der Waals surface area contributed by atoms with Crippen LogP contribution in [0.2, 0.25) is 0 Å². The van der Waals surface area contributed by atoms with E-state index in [4.69, 9.17) is 4.74 Å². The number of nitrogens with zero attached hydrogens (tertiary/aromatic N) is 2. The van der Waals surface area contributed by atoms with E-state index in [0.717, 1.165) is 12.1 Å². The van der Waals surface area contributed by atoms with Crippen LogP contribution in [-0.4, -0.2) is 61.1 Å². The molecule has 8 heteroatoms. The van der Waals surface area contributed by atoms with Crippen LogP contribution in [-0.2, 0) is 4.79 Å². The van der Waals surface area contributed by atoms with Crippen LogP contribution in [0.5, 0.6) is 5.75 Å². The zero-order valence-electron chi connectivity index (χ0n) is 12.8. The van der Waals surface area contributed by atoms with Gasteiger partial charge in [0.2, 0.25) is 5.91 Å². The van der Waals surface area contributed by atoms with E-state index < -0.39 is 11.6 Å². The first-order valence-electron chi connectivity index (χ1n) is 7.33. The van der Waals surface area contributed by atoms with Gasteiger partial charge in [0.25, 0.3) is 0 Å². The number of amides is 3. The van der Waals surface area contributed by atoms with Crippen LogP contribution in [0.25, 0.3) is 0 Å². The van der Waals surface area contributed by atoms with Crippen molar-refractivity contribution < 1.29 is 23.1 Å². The number of rotatable bonds is 4. The van der Waals surface area contributed by atoms with Gasteiger partial charge in [-0.1, -0.05) is 0 Å². The molecule has 0 aromatic heterocycles. The topological polar surface area (TPSA) is 61.9 Å². The van der Waals surface area contributed by atoms with Gasteiger partial charge in [-0.05, 0) is 12.1 Å². The first-order chi connectivity index (χ1) is 11.0. The number of ether oxygens (including phenoxy) is 1. The first kappa shape index (κ1) is 17.0. The number of benzene rings is 1. The average Bonchev–Trinajstić information content (AvgIpc) is 2.54. The molecular formula is C15H19F2N3O3. The summed E-state index contributed by atoms with van der Waals surface area (Å²) in [6.07, 6.45) is 0. The highest BCUT2D eigenvalue weighted by Gasteiger charge is 2.21. The molecule has 1 fully saturated rings. The lowest BCUT2D eigenvalue weighted by atomic mass is 10.3. The molecule has 0 atom stereocenters. The predicted octanol–water partition coefficient (Wildman–Crippen LogP) is 1.22. The molecule has 0 aliphatic carbocycles. The van der Waals surface area contributed by atoms with Crippen molar-refractivity contribution in [2.75, 3.05) is 39.3 Å². The van der Waals surface area contributed by atoms with Crippen molar-refractivity contribution in [1.29, 1.82) is 0 Å². The molecule has 1 N–H and O–H groups in total. The Labute approximate surface area is 133 Å². The van der Waals surface area contributed by atoms with Crippen molar-refractivity contribution >= 4 is 11.9 Å². The molecule has 1 aliphatic rings. The minimum Gasteiger partial charge on any atom is -0.492 e. The van der Waals surface area contributed by atoms with E-state index in [2.05, 4.69) is 5.32 Å². The highest BCUT2D eigenvalue weighted by molar-refractivity contribution is 5.76. The quantitative estimate of drug-likeness (QED) is 0.846. The molecule has 0 radical (unpaired) electrons. The highest BCUT2D eigenvalue weighted by atomic mass is 19.2. The molecule has 126 valence electrons. The van der Waals surface area contributed by atoms with Gasteiger partial charge < -0.3 is 19.9 Å². The molecular weight excluding hydrogens is 308 g/mol. The lowest BCUT2D eigenvalue weighted by molar-refractivity contribution is -0.130. The molecule has 0 bridgehead atoms. The van der Waals surface area contributed by atoms with Crippen LogP contribution < -0.4 is 10.1 Å². The van der Waals surface area contributed by atoms with E-state index in [1.807, 2.05) is 0 Å². The van der Waals surface area contributed by atoms with E-state index >= 15 is 0 Å². The Bertz CT molecular complexity index is 575. The number of hydrogen-bond donors (Lipinski definition) is 1. The summed E-state index contributed by atoms with van der Waals surface area (Å²) < 4.78 is 31.0. The number of urea groups is 1. The minimum atomic E-state index is -0.977. The Hall–Kier alpha value is -2.38. The first-order valence-corrected chi connectivity index (χ1v) is 7.33. The maximum atomic E-state index is 13.0. The van der Waals surface area contributed by atoms with Crippen LogP contribution >= 0.6 is 0 Å². The molecule has 1 saturated heterocycles. The summed E-state index contributed by atoms with van der Waals surface area (Å²) in [6.45, 7) is 3.90. The number of hydrogen-bond acceptors (Lipinski definition) is 3. The van der Waals surface area contributed by atoms with Crippen LogP contribution in [0.3, 0.4) is 0 Å². The van der Waals surface area contributed by atoms with Gasteiger partial charge >= 0.3 is 6.03 Å². The smallest absolute Gasteiger partial charge is 0.317 e. The second-order valence-corrected chi connectivity index (χ2v) is 5.15. The predicted molar refractivity (Wildman–Crippen MR) is 79.1 cm³/mol. The summed E-state index contributed by atoms with van der Waals surface area (Å²) in [7, 11) is 0. The maximum absolute atomic E-state index is 13.0. The summed E-state index contributed by atoms with van der Waals surface area (Å²) in [5.74, 6) is -1.71. The molecule has 23 heavy (non-hydrogen) atoms. The SMILES string of the molecule is CC(=O)N1CCN(C(=O)NCCOc2ccc(F)c(F)c2)CC1. The zero-order valence-corrected chi connectivity index (χ0v) is 12.8. The van der Waals surface area contributed by atoms with Gasteiger partial charge in [0.1, 0.15) is 12.4 Å². The molecule has 1 aliphatic heterocycles. The van der Waals surface area contributed by atoms with Crippen LogP contribution in [0.4, 0.5) is 13.6 Å². The lowest BCUT2D eigenvalue weighted by Crippen LogP contribution is -2.53. The number of halogens is 2. The second kappa shape index (κ2) is 7.75. The van der Waals surface area contributed by atoms with Crippen molar-refractivity contribution in [3.05, 3.63) is 29.8 Å². The van der Waals surface area contributed by atoms with Crippen molar-refractivity contribution in [2.45, 2.75) is 6.92 Å². The number of nitrogens with one attached hydrogen (secondary N) is 1. The molecule has 1 aromatic rings. The summed E-state index contributed by atoms with van der Waals surface area (Å²) in [6, 6.07) is 3.03. The van der Waals surface area contributed by atoms with Gasteiger partial charge in [-0.2, -0.15) is 0 Å². The summed E-state index contributed by atoms with van der Waals surface area (Å²) in [4.78, 5) is 26.4. The largest absolute Gasteiger partial charge is 0.492 e. The fraction of sp³-hybridized carbons (Fsp3) is 0.467. The second-order valence-electron chi connectivity index (χ2n) is 5.15. The standard InChI is InChI=1S/C15H19F2N3O3/c1-11(21)19-5-7-20(8-6-19)15(22)18-4-9-23-12-2-3-13(16)14(17)10-12/h2-3,10H,4-9H2,1H3,(H,18,22). The van der Waals surface area contributed by atoms with Gasteiger partial charge in [-0.25, -0.2) is 13.6 Å². The summed E-state index contributed by atoms with van der Waals surface area (Å²) in [5, 5.41) is 2.68. The Morgan fingerprint density at radius 1 is 1.13 bits per heavy atom. The Morgan fingerprint density at radius 2 is 1.78 bits per heavy atom. The summed E-state index contributed by atoms with van der Waals surface area (Å²) >= 11 is 0. The van der Waals surface area contributed by atoms with E-state index in [9.17, 15) is 18.4 Å².